The number of aliphatic hydroxyl groups excluding tert-OH is 1. The van der Waals surface area contributed by atoms with E-state index in [2.05, 4.69) is 35.8 Å². The van der Waals surface area contributed by atoms with Crippen molar-refractivity contribution in [3.05, 3.63) is 42.2 Å². The van der Waals surface area contributed by atoms with Crippen LogP contribution in [0.2, 0.25) is 0 Å². The van der Waals surface area contributed by atoms with Crippen molar-refractivity contribution in [2.24, 2.45) is 5.92 Å². The Bertz CT molecular complexity index is 1070. The molecule has 0 radical (unpaired) electrons. The fourth-order valence-corrected chi connectivity index (χ4v) is 2.91. The van der Waals surface area contributed by atoms with Crippen LogP contribution in [0.1, 0.15) is 37.1 Å². The number of carbonyl (C=O) groups excluding carboxylic acids is 1. The highest BCUT2D eigenvalue weighted by molar-refractivity contribution is 5.94. The molecule has 1 saturated carbocycles. The molecule has 30 heavy (non-hydrogen) atoms. The van der Waals surface area contributed by atoms with Crippen LogP contribution in [-0.2, 0) is 4.79 Å². The quantitative estimate of drug-likeness (QED) is 0.539. The van der Waals surface area contributed by atoms with Gasteiger partial charge in [-0.15, -0.1) is 10.2 Å². The van der Waals surface area contributed by atoms with Crippen molar-refractivity contribution in [2.45, 2.75) is 39.0 Å². The highest BCUT2D eigenvalue weighted by Gasteiger charge is 2.43. The third-order valence-corrected chi connectivity index (χ3v) is 4.85. The molecule has 11 heteroatoms. The van der Waals surface area contributed by atoms with Crippen LogP contribution in [0.15, 0.2) is 31.0 Å². The summed E-state index contributed by atoms with van der Waals surface area (Å²) in [5.74, 6) is 0.0553. The lowest BCUT2D eigenvalue weighted by Crippen LogP contribution is -2.16. The van der Waals surface area contributed by atoms with Gasteiger partial charge in [0.1, 0.15) is 30.5 Å². The molecule has 1 aliphatic rings. The SMILES string of the molecule is CCC(O)c1cc(C)c(Nc2nncn2-c2cc(NC(=O)[C@@H]3C[C@H]3F)ncn2)cn1. The molecular weight excluding hydrogens is 391 g/mol. The Kier molecular flexibility index (Phi) is 5.36. The molecule has 0 aliphatic heterocycles. The number of halogens is 1. The summed E-state index contributed by atoms with van der Waals surface area (Å²) in [6.07, 6.45) is 3.50. The second-order valence-corrected chi connectivity index (χ2v) is 7.11. The first kappa shape index (κ1) is 19.8. The second-order valence-electron chi connectivity index (χ2n) is 7.11. The molecule has 0 bridgehead atoms. The topological polar surface area (TPSA) is 131 Å². The number of amides is 1. The van der Waals surface area contributed by atoms with E-state index < -0.39 is 24.1 Å². The zero-order valence-corrected chi connectivity index (χ0v) is 16.4. The van der Waals surface area contributed by atoms with Crippen molar-refractivity contribution < 1.29 is 14.3 Å². The first-order valence-corrected chi connectivity index (χ1v) is 9.55. The van der Waals surface area contributed by atoms with E-state index in [-0.39, 0.29) is 12.2 Å². The average molecular weight is 412 g/mol. The number of pyridine rings is 1. The lowest BCUT2D eigenvalue weighted by atomic mass is 10.1. The van der Waals surface area contributed by atoms with Gasteiger partial charge in [0.2, 0.25) is 11.9 Å². The third kappa shape index (κ3) is 4.10. The van der Waals surface area contributed by atoms with Gasteiger partial charge in [-0.05, 0) is 31.4 Å². The van der Waals surface area contributed by atoms with E-state index >= 15 is 0 Å². The number of nitrogens with zero attached hydrogens (tertiary/aromatic N) is 6. The van der Waals surface area contributed by atoms with Gasteiger partial charge in [-0.25, -0.2) is 14.4 Å². The van der Waals surface area contributed by atoms with E-state index in [4.69, 9.17) is 0 Å². The Labute approximate surface area is 171 Å². The van der Waals surface area contributed by atoms with Crippen LogP contribution >= 0.6 is 0 Å². The van der Waals surface area contributed by atoms with Gasteiger partial charge in [-0.2, -0.15) is 0 Å². The summed E-state index contributed by atoms with van der Waals surface area (Å²) in [5.41, 5.74) is 2.17. The summed E-state index contributed by atoms with van der Waals surface area (Å²) < 4.78 is 14.7. The minimum absolute atomic E-state index is 0.241. The minimum Gasteiger partial charge on any atom is -0.387 e. The van der Waals surface area contributed by atoms with Crippen LogP contribution in [0.4, 0.5) is 21.8 Å². The Hall–Kier alpha value is -3.47. The Balaban J connectivity index is 1.54. The minimum atomic E-state index is -1.08. The second kappa shape index (κ2) is 8.11. The lowest BCUT2D eigenvalue weighted by Gasteiger charge is -2.13. The first-order valence-electron chi connectivity index (χ1n) is 9.55. The summed E-state index contributed by atoms with van der Waals surface area (Å²) in [6, 6.07) is 3.36. The number of rotatable bonds is 7. The first-order chi connectivity index (χ1) is 14.5. The maximum absolute atomic E-state index is 13.1. The van der Waals surface area contributed by atoms with Gasteiger partial charge in [0.15, 0.2) is 0 Å². The highest BCUT2D eigenvalue weighted by Crippen LogP contribution is 2.34. The monoisotopic (exact) mass is 412 g/mol. The van der Waals surface area contributed by atoms with Crippen LogP contribution in [0.3, 0.4) is 0 Å². The summed E-state index contributed by atoms with van der Waals surface area (Å²) >= 11 is 0. The molecule has 3 aromatic heterocycles. The predicted octanol–water partition coefficient (Wildman–Crippen LogP) is 2.24. The van der Waals surface area contributed by atoms with Crippen molar-refractivity contribution in [3.8, 4) is 5.82 Å². The van der Waals surface area contributed by atoms with Gasteiger partial charge < -0.3 is 15.7 Å². The molecule has 3 atom stereocenters. The number of aryl methyl sites for hydroxylation is 1. The van der Waals surface area contributed by atoms with E-state index in [1.807, 2.05) is 19.9 Å². The van der Waals surface area contributed by atoms with Crippen LogP contribution in [0.25, 0.3) is 5.82 Å². The molecule has 0 saturated heterocycles. The maximum Gasteiger partial charge on any atom is 0.234 e. The third-order valence-electron chi connectivity index (χ3n) is 4.85. The number of hydrogen-bond donors (Lipinski definition) is 3. The Morgan fingerprint density at radius 2 is 2.17 bits per heavy atom. The zero-order chi connectivity index (χ0) is 21.3. The summed E-state index contributed by atoms with van der Waals surface area (Å²) in [5, 5.41) is 23.7. The fourth-order valence-electron chi connectivity index (χ4n) is 2.91. The molecule has 1 aliphatic carbocycles. The molecule has 156 valence electrons. The Morgan fingerprint density at radius 1 is 1.37 bits per heavy atom. The number of aliphatic hydroxyl groups is 1. The maximum atomic E-state index is 13.1. The molecule has 1 fully saturated rings. The largest absolute Gasteiger partial charge is 0.387 e. The number of alkyl halides is 1. The van der Waals surface area contributed by atoms with Crippen LogP contribution in [0, 0.1) is 12.8 Å². The van der Waals surface area contributed by atoms with Crippen molar-refractivity contribution in [1.29, 1.82) is 0 Å². The van der Waals surface area contributed by atoms with Crippen LogP contribution < -0.4 is 10.6 Å². The van der Waals surface area contributed by atoms with E-state index in [0.29, 0.717) is 29.6 Å². The smallest absolute Gasteiger partial charge is 0.234 e. The van der Waals surface area contributed by atoms with E-state index in [1.165, 1.54) is 12.7 Å². The molecule has 3 N–H and O–H groups in total. The van der Waals surface area contributed by atoms with Gasteiger partial charge >= 0.3 is 0 Å². The highest BCUT2D eigenvalue weighted by atomic mass is 19.1. The van der Waals surface area contributed by atoms with Crippen molar-refractivity contribution in [1.82, 2.24) is 29.7 Å². The number of hydrogen-bond acceptors (Lipinski definition) is 8. The van der Waals surface area contributed by atoms with Gasteiger partial charge in [0, 0.05) is 6.07 Å². The fraction of sp³-hybridized carbons (Fsp3) is 0.368. The zero-order valence-electron chi connectivity index (χ0n) is 16.4. The molecular formula is C19H21FN8O2. The standard InChI is InChI=1S/C19H21FN8O2/c1-3-15(29)13-4-10(2)14(7-21-13)25-19-27-24-9-28(19)17-6-16(22-8-23-17)26-18(30)11-5-12(11)20/h4,6-9,11-12,15,29H,3,5H2,1-2H3,(H,25,27)(H,22,23,26,30)/t11-,12-,15?/m1/s1. The summed E-state index contributed by atoms with van der Waals surface area (Å²) in [7, 11) is 0. The van der Waals surface area contributed by atoms with E-state index in [0.717, 1.165) is 5.56 Å². The van der Waals surface area contributed by atoms with E-state index in [9.17, 15) is 14.3 Å². The van der Waals surface area contributed by atoms with Gasteiger partial charge in [-0.1, -0.05) is 6.92 Å². The molecule has 1 amide bonds. The van der Waals surface area contributed by atoms with E-state index in [1.54, 1.807) is 16.8 Å². The predicted molar refractivity (Wildman–Crippen MR) is 106 cm³/mol. The molecule has 0 aromatic carbocycles. The summed E-state index contributed by atoms with van der Waals surface area (Å²) in [6.45, 7) is 3.78. The van der Waals surface area contributed by atoms with Gasteiger partial charge in [0.05, 0.1) is 29.6 Å². The normalized spacial score (nSPS) is 18.7. The van der Waals surface area contributed by atoms with Crippen molar-refractivity contribution in [3.63, 3.8) is 0 Å². The number of carbonyl (C=O) groups is 1. The Morgan fingerprint density at radius 3 is 2.87 bits per heavy atom. The van der Waals surface area contributed by atoms with Crippen LogP contribution in [-0.4, -0.2) is 46.9 Å². The van der Waals surface area contributed by atoms with Crippen LogP contribution in [0.5, 0.6) is 0 Å². The number of nitrogens with one attached hydrogen (secondary N) is 2. The molecule has 10 nitrogen and oxygen atoms in total. The number of aromatic nitrogens is 6. The molecule has 1 unspecified atom stereocenters. The lowest BCUT2D eigenvalue weighted by molar-refractivity contribution is -0.117. The summed E-state index contributed by atoms with van der Waals surface area (Å²) in [4.78, 5) is 24.4. The molecule has 3 aromatic rings. The number of anilines is 3. The van der Waals surface area contributed by atoms with Gasteiger partial charge in [-0.3, -0.25) is 14.3 Å². The van der Waals surface area contributed by atoms with Crippen molar-refractivity contribution in [2.75, 3.05) is 10.6 Å². The van der Waals surface area contributed by atoms with Gasteiger partial charge in [0.25, 0.3) is 0 Å². The molecule has 0 spiro atoms. The average Bonchev–Trinajstić information content (AvgIpc) is 3.30. The molecule has 3 heterocycles. The molecule has 4 rings (SSSR count). The van der Waals surface area contributed by atoms with Crippen molar-refractivity contribution >= 4 is 23.4 Å².